The van der Waals surface area contributed by atoms with Gasteiger partial charge in [-0.3, -0.25) is 9.69 Å². The number of Topliss-reactive ketones (excluding diaryl/α,β-unsaturated/α-hetero) is 1. The first-order chi connectivity index (χ1) is 8.99. The zero-order chi connectivity index (χ0) is 15.6. The molecule has 0 radical (unpaired) electrons. The van der Waals surface area contributed by atoms with Crippen molar-refractivity contribution in [3.8, 4) is 0 Å². The van der Waals surface area contributed by atoms with Gasteiger partial charge in [-0.25, -0.2) is 4.79 Å². The Hall–Kier alpha value is -1.10. The lowest BCUT2D eigenvalue weighted by molar-refractivity contribution is -0.122. The van der Waals surface area contributed by atoms with E-state index in [2.05, 4.69) is 5.32 Å². The number of ether oxygens (including phenoxy) is 1. The van der Waals surface area contributed by atoms with Crippen LogP contribution in [0.3, 0.4) is 0 Å². The van der Waals surface area contributed by atoms with Gasteiger partial charge in [-0.05, 0) is 54.4 Å². The highest BCUT2D eigenvalue weighted by Crippen LogP contribution is 2.21. The molecular weight excluding hydrogens is 256 g/mol. The number of nitrogens with zero attached hydrogens (tertiary/aromatic N) is 1. The van der Waals surface area contributed by atoms with Crippen LogP contribution in [0.4, 0.5) is 4.79 Å². The number of amides is 1. The van der Waals surface area contributed by atoms with E-state index in [1.54, 1.807) is 4.90 Å². The van der Waals surface area contributed by atoms with Crippen LogP contribution in [0.15, 0.2) is 0 Å². The Morgan fingerprint density at radius 2 is 1.80 bits per heavy atom. The molecule has 1 aliphatic rings. The van der Waals surface area contributed by atoms with E-state index in [1.807, 2.05) is 41.5 Å². The van der Waals surface area contributed by atoms with Gasteiger partial charge in [-0.1, -0.05) is 0 Å². The smallest absolute Gasteiger partial charge is 0.410 e. The minimum Gasteiger partial charge on any atom is -0.444 e. The van der Waals surface area contributed by atoms with Crippen LogP contribution >= 0.6 is 0 Å². The Kier molecular flexibility index (Phi) is 5.19. The summed E-state index contributed by atoms with van der Waals surface area (Å²) in [7, 11) is 0. The van der Waals surface area contributed by atoms with E-state index in [1.165, 1.54) is 0 Å². The van der Waals surface area contributed by atoms with Crippen molar-refractivity contribution >= 4 is 11.9 Å². The molecule has 5 nitrogen and oxygen atoms in total. The molecule has 0 bridgehead atoms. The molecule has 1 fully saturated rings. The molecule has 1 rings (SSSR count). The number of ketones is 1. The third-order valence-corrected chi connectivity index (χ3v) is 3.05. The lowest BCUT2D eigenvalue weighted by atomic mass is 10.1. The van der Waals surface area contributed by atoms with Gasteiger partial charge in [0.15, 0.2) is 5.78 Å². The van der Waals surface area contributed by atoms with Crippen LogP contribution in [0, 0.1) is 0 Å². The monoisotopic (exact) mass is 284 g/mol. The zero-order valence-electron chi connectivity index (χ0n) is 13.6. The van der Waals surface area contributed by atoms with Crippen LogP contribution in [0.1, 0.15) is 54.4 Å². The minimum atomic E-state index is -0.531. The first kappa shape index (κ1) is 17.0. The van der Waals surface area contributed by atoms with Gasteiger partial charge in [0.25, 0.3) is 0 Å². The highest BCUT2D eigenvalue weighted by atomic mass is 16.6. The second-order valence-corrected chi connectivity index (χ2v) is 7.40. The van der Waals surface area contributed by atoms with E-state index in [0.717, 1.165) is 12.8 Å². The maximum absolute atomic E-state index is 12.3. The van der Waals surface area contributed by atoms with Gasteiger partial charge in [-0.15, -0.1) is 0 Å². The Morgan fingerprint density at radius 1 is 1.20 bits per heavy atom. The van der Waals surface area contributed by atoms with Crippen molar-refractivity contribution < 1.29 is 14.3 Å². The van der Waals surface area contributed by atoms with Gasteiger partial charge >= 0.3 is 6.09 Å². The van der Waals surface area contributed by atoms with Crippen LogP contribution in [0.25, 0.3) is 0 Å². The normalized spacial score (nSPS) is 20.1. The third-order valence-electron chi connectivity index (χ3n) is 3.05. The van der Waals surface area contributed by atoms with Gasteiger partial charge in [-0.2, -0.15) is 0 Å². The van der Waals surface area contributed by atoms with Crippen molar-refractivity contribution in [2.45, 2.75) is 71.6 Å². The Morgan fingerprint density at radius 3 is 2.30 bits per heavy atom. The second-order valence-electron chi connectivity index (χ2n) is 7.40. The second kappa shape index (κ2) is 6.12. The van der Waals surface area contributed by atoms with Crippen molar-refractivity contribution in [3.05, 3.63) is 0 Å². The van der Waals surface area contributed by atoms with Crippen LogP contribution in [0.2, 0.25) is 0 Å². The first-order valence-corrected chi connectivity index (χ1v) is 7.27. The number of carbonyl (C=O) groups is 2. The number of hydrogen-bond donors (Lipinski definition) is 1. The highest BCUT2D eigenvalue weighted by molar-refractivity contribution is 5.89. The molecule has 0 aromatic rings. The Labute approximate surface area is 122 Å². The zero-order valence-corrected chi connectivity index (χ0v) is 13.6. The van der Waals surface area contributed by atoms with Gasteiger partial charge in [0.1, 0.15) is 5.60 Å². The molecule has 1 aliphatic heterocycles. The van der Waals surface area contributed by atoms with E-state index in [0.29, 0.717) is 6.54 Å². The standard InChI is InChI=1S/C15H28N2O3/c1-14(2,3)16-10-12(18)11-8-7-9-17(11)13(19)20-15(4,5)6/h11,16H,7-10H2,1-6H3/t11-/m0/s1. The van der Waals surface area contributed by atoms with Crippen LogP contribution in [-0.2, 0) is 9.53 Å². The predicted molar refractivity (Wildman–Crippen MR) is 78.7 cm³/mol. The Bertz CT molecular complexity index is 366. The van der Waals surface area contributed by atoms with Crippen molar-refractivity contribution in [1.29, 1.82) is 0 Å². The molecular formula is C15H28N2O3. The molecule has 0 unspecified atom stereocenters. The summed E-state index contributed by atoms with van der Waals surface area (Å²) in [6.07, 6.45) is 1.19. The largest absolute Gasteiger partial charge is 0.444 e. The molecule has 1 amide bonds. The van der Waals surface area contributed by atoms with Gasteiger partial charge in [0, 0.05) is 12.1 Å². The van der Waals surface area contributed by atoms with E-state index in [-0.39, 0.29) is 30.0 Å². The fraction of sp³-hybridized carbons (Fsp3) is 0.867. The van der Waals surface area contributed by atoms with Crippen molar-refractivity contribution in [1.82, 2.24) is 10.2 Å². The van der Waals surface area contributed by atoms with Crippen LogP contribution < -0.4 is 5.32 Å². The topological polar surface area (TPSA) is 58.6 Å². The van der Waals surface area contributed by atoms with E-state index < -0.39 is 5.60 Å². The van der Waals surface area contributed by atoms with E-state index in [4.69, 9.17) is 4.74 Å². The lowest BCUT2D eigenvalue weighted by Crippen LogP contribution is -2.48. The van der Waals surface area contributed by atoms with E-state index in [9.17, 15) is 9.59 Å². The summed E-state index contributed by atoms with van der Waals surface area (Å²) in [6.45, 7) is 12.4. The number of nitrogens with one attached hydrogen (secondary N) is 1. The first-order valence-electron chi connectivity index (χ1n) is 7.27. The van der Waals surface area contributed by atoms with Gasteiger partial charge < -0.3 is 10.1 Å². The average molecular weight is 284 g/mol. The highest BCUT2D eigenvalue weighted by Gasteiger charge is 2.36. The van der Waals surface area contributed by atoms with Crippen molar-refractivity contribution in [2.75, 3.05) is 13.1 Å². The quantitative estimate of drug-likeness (QED) is 0.864. The maximum atomic E-state index is 12.3. The molecule has 5 heteroatoms. The molecule has 1 atom stereocenters. The number of likely N-dealkylation sites (tertiary alicyclic amines) is 1. The lowest BCUT2D eigenvalue weighted by Gasteiger charge is -2.28. The molecule has 1 heterocycles. The summed E-state index contributed by atoms with van der Waals surface area (Å²) in [5.74, 6) is 0.0586. The van der Waals surface area contributed by atoms with Gasteiger partial charge in [0.05, 0.1) is 12.6 Å². The van der Waals surface area contributed by atoms with Crippen LogP contribution in [0.5, 0.6) is 0 Å². The van der Waals surface area contributed by atoms with Gasteiger partial charge in [0.2, 0.25) is 0 Å². The summed E-state index contributed by atoms with van der Waals surface area (Å²) in [5.41, 5.74) is -0.637. The molecule has 0 aliphatic carbocycles. The molecule has 1 N–H and O–H groups in total. The van der Waals surface area contributed by atoms with Crippen LogP contribution in [-0.4, -0.2) is 47.0 Å². The SMILES string of the molecule is CC(C)(C)NCC(=O)[C@@H]1CCCN1C(=O)OC(C)(C)C. The number of hydrogen-bond acceptors (Lipinski definition) is 4. The fourth-order valence-electron chi connectivity index (χ4n) is 2.11. The molecule has 20 heavy (non-hydrogen) atoms. The van der Waals surface area contributed by atoms with Crippen molar-refractivity contribution in [2.24, 2.45) is 0 Å². The summed E-state index contributed by atoms with van der Waals surface area (Å²) in [5, 5.41) is 3.18. The molecule has 0 aromatic heterocycles. The molecule has 0 spiro atoms. The predicted octanol–water partition coefficient (Wildman–Crippen LogP) is 2.34. The van der Waals surface area contributed by atoms with E-state index >= 15 is 0 Å². The third kappa shape index (κ3) is 5.49. The molecule has 0 saturated carbocycles. The number of carbonyl (C=O) groups excluding carboxylic acids is 2. The summed E-state index contributed by atoms with van der Waals surface area (Å²) in [6, 6.07) is -0.348. The Balaban J connectivity index is 2.60. The summed E-state index contributed by atoms with van der Waals surface area (Å²) < 4.78 is 5.36. The number of rotatable bonds is 3. The molecule has 0 aromatic carbocycles. The fourth-order valence-corrected chi connectivity index (χ4v) is 2.11. The molecule has 116 valence electrons. The summed E-state index contributed by atoms with van der Waals surface area (Å²) >= 11 is 0. The maximum Gasteiger partial charge on any atom is 0.410 e. The van der Waals surface area contributed by atoms with Crippen molar-refractivity contribution in [3.63, 3.8) is 0 Å². The summed E-state index contributed by atoms with van der Waals surface area (Å²) in [4.78, 5) is 25.9. The average Bonchev–Trinajstić information content (AvgIpc) is 2.71. The minimum absolute atomic E-state index is 0.0586. The molecule has 1 saturated heterocycles.